The molecule has 0 fully saturated rings. The molecule has 0 bridgehead atoms. The summed E-state index contributed by atoms with van der Waals surface area (Å²) in [5.74, 6) is -0.990. The molecule has 0 N–H and O–H groups in total. The minimum absolute atomic E-state index is 0.564. The first-order valence-corrected chi connectivity index (χ1v) is 8.95. The first-order valence-electron chi connectivity index (χ1n) is 8.95. The maximum atomic E-state index is 11.4. The van der Waals surface area contributed by atoms with Crippen LogP contribution in [0.2, 0.25) is 0 Å². The van der Waals surface area contributed by atoms with E-state index in [0.29, 0.717) is 6.42 Å². The molecule has 0 amide bonds. The summed E-state index contributed by atoms with van der Waals surface area (Å²) in [5, 5.41) is 11.4. The summed E-state index contributed by atoms with van der Waals surface area (Å²) in [4.78, 5) is 13.4. The van der Waals surface area contributed by atoms with E-state index in [-0.39, 0.29) is 0 Å². The normalized spacial score (nSPS) is 12.1. The third-order valence-corrected chi connectivity index (χ3v) is 4.31. The summed E-state index contributed by atoms with van der Waals surface area (Å²) in [5.41, 5.74) is 1.06. The first-order chi connectivity index (χ1) is 11.1. The largest absolute Gasteiger partial charge is 0.543 e. The van der Waals surface area contributed by atoms with Gasteiger partial charge in [0.2, 0.25) is 0 Å². The Hall–Kier alpha value is -1.58. The lowest BCUT2D eigenvalue weighted by Gasteiger charge is -2.15. The van der Waals surface area contributed by atoms with Crippen molar-refractivity contribution in [1.29, 1.82) is 0 Å². The number of carboxylic acids is 1. The molecule has 0 aliphatic rings. The van der Waals surface area contributed by atoms with Crippen LogP contribution in [0.4, 0.5) is 5.69 Å². The monoisotopic (exact) mass is 320 g/mol. The average Bonchev–Trinajstić information content (AvgIpc) is 2.53. The van der Waals surface area contributed by atoms with Crippen LogP contribution in [-0.4, -0.2) is 20.1 Å². The summed E-state index contributed by atoms with van der Waals surface area (Å²) in [6.45, 7) is 2.23. The highest BCUT2D eigenvalue weighted by atomic mass is 16.4. The molecule has 4 heteroatoms. The fourth-order valence-electron chi connectivity index (χ4n) is 2.80. The molecule has 0 spiro atoms. The lowest BCUT2D eigenvalue weighted by molar-refractivity contribution is -0.716. The van der Waals surface area contributed by atoms with Crippen LogP contribution in [0.25, 0.3) is 0 Å². The molecule has 0 aliphatic carbocycles. The van der Waals surface area contributed by atoms with E-state index in [4.69, 9.17) is 0 Å². The standard InChI is InChI=1S/C19H32N2O2/c1-4-5-6-7-8-9-10-11-12-18(19(22)23)21-15-13-17(14-16-21)20(2)3/h13-16,18H,4-12H2,1-3H3. The topological polar surface area (TPSA) is 47.2 Å². The predicted octanol–water partition coefficient (Wildman–Crippen LogP) is 2.86. The summed E-state index contributed by atoms with van der Waals surface area (Å²) >= 11 is 0. The number of nitrogens with zero attached hydrogens (tertiary/aromatic N) is 2. The molecule has 1 aromatic heterocycles. The Labute approximate surface area is 141 Å². The number of aromatic nitrogens is 1. The minimum atomic E-state index is -0.990. The number of pyridine rings is 1. The van der Waals surface area contributed by atoms with Gasteiger partial charge in [0.05, 0.1) is 0 Å². The van der Waals surface area contributed by atoms with Gasteiger partial charge in [-0.05, 0) is 6.42 Å². The van der Waals surface area contributed by atoms with Crippen molar-refractivity contribution in [2.45, 2.75) is 70.8 Å². The van der Waals surface area contributed by atoms with Gasteiger partial charge in [0.15, 0.2) is 18.4 Å². The van der Waals surface area contributed by atoms with Gasteiger partial charge in [-0.2, -0.15) is 4.57 Å². The van der Waals surface area contributed by atoms with Crippen molar-refractivity contribution in [2.24, 2.45) is 0 Å². The summed E-state index contributed by atoms with van der Waals surface area (Å²) in [6, 6.07) is 3.30. The van der Waals surface area contributed by atoms with Crippen LogP contribution in [-0.2, 0) is 4.79 Å². The van der Waals surface area contributed by atoms with Gasteiger partial charge >= 0.3 is 0 Å². The molecule has 1 rings (SSSR count). The Balaban J connectivity index is 2.36. The van der Waals surface area contributed by atoms with Crippen molar-refractivity contribution < 1.29 is 14.5 Å². The Morgan fingerprint density at radius 3 is 2.04 bits per heavy atom. The second-order valence-electron chi connectivity index (χ2n) is 6.50. The number of unbranched alkanes of at least 4 members (excludes halogenated alkanes) is 7. The lowest BCUT2D eigenvalue weighted by Crippen LogP contribution is -2.49. The Morgan fingerprint density at radius 1 is 1.04 bits per heavy atom. The Kier molecular flexibility index (Phi) is 9.34. The van der Waals surface area contributed by atoms with Crippen LogP contribution in [0.1, 0.15) is 70.8 Å². The highest BCUT2D eigenvalue weighted by Gasteiger charge is 2.19. The summed E-state index contributed by atoms with van der Waals surface area (Å²) in [7, 11) is 3.94. The van der Waals surface area contributed by atoms with E-state index in [1.165, 1.54) is 38.5 Å². The number of hydrogen-bond acceptors (Lipinski definition) is 3. The molecule has 4 nitrogen and oxygen atoms in total. The number of carbonyl (C=O) groups is 1. The van der Waals surface area contributed by atoms with E-state index in [1.54, 1.807) is 4.57 Å². The molecule has 0 radical (unpaired) electrons. The van der Waals surface area contributed by atoms with Crippen molar-refractivity contribution in [3.05, 3.63) is 24.5 Å². The second kappa shape index (κ2) is 11.0. The third-order valence-electron chi connectivity index (χ3n) is 4.31. The van der Waals surface area contributed by atoms with Gasteiger partial charge in [-0.15, -0.1) is 0 Å². The number of carboxylic acid groups (broad SMARTS) is 1. The van der Waals surface area contributed by atoms with Gasteiger partial charge < -0.3 is 14.8 Å². The Bertz CT molecular complexity index is 443. The molecular weight excluding hydrogens is 288 g/mol. The van der Waals surface area contributed by atoms with Crippen molar-refractivity contribution in [3.8, 4) is 0 Å². The van der Waals surface area contributed by atoms with E-state index in [2.05, 4.69) is 6.92 Å². The van der Waals surface area contributed by atoms with Crippen molar-refractivity contribution in [3.63, 3.8) is 0 Å². The number of hydrogen-bond donors (Lipinski definition) is 0. The molecule has 1 unspecified atom stereocenters. The molecule has 130 valence electrons. The third kappa shape index (κ3) is 7.49. The minimum Gasteiger partial charge on any atom is -0.543 e. The molecule has 0 aromatic carbocycles. The zero-order chi connectivity index (χ0) is 17.1. The van der Waals surface area contributed by atoms with Gasteiger partial charge in [-0.25, -0.2) is 0 Å². The van der Waals surface area contributed by atoms with Gasteiger partial charge in [0.1, 0.15) is 5.97 Å². The molecule has 1 aromatic rings. The fourth-order valence-corrected chi connectivity index (χ4v) is 2.80. The second-order valence-corrected chi connectivity index (χ2v) is 6.50. The first kappa shape index (κ1) is 19.5. The van der Waals surface area contributed by atoms with Gasteiger partial charge in [-0.3, -0.25) is 0 Å². The number of rotatable bonds is 12. The molecule has 0 saturated carbocycles. The summed E-state index contributed by atoms with van der Waals surface area (Å²) < 4.78 is 1.75. The smallest absolute Gasteiger partial charge is 0.197 e. The van der Waals surface area contributed by atoms with E-state index in [9.17, 15) is 9.90 Å². The average molecular weight is 320 g/mol. The van der Waals surface area contributed by atoms with E-state index in [1.807, 2.05) is 43.5 Å². The van der Waals surface area contributed by atoms with Crippen molar-refractivity contribution in [2.75, 3.05) is 19.0 Å². The number of anilines is 1. The highest BCUT2D eigenvalue weighted by molar-refractivity contribution is 5.67. The van der Waals surface area contributed by atoms with E-state index < -0.39 is 12.0 Å². The molecule has 0 saturated heterocycles. The highest BCUT2D eigenvalue weighted by Crippen LogP contribution is 2.14. The molecule has 1 atom stereocenters. The van der Waals surface area contributed by atoms with Crippen LogP contribution in [0.3, 0.4) is 0 Å². The number of carbonyl (C=O) groups excluding carboxylic acids is 1. The van der Waals surface area contributed by atoms with Crippen LogP contribution in [0, 0.1) is 0 Å². The quantitative estimate of drug-likeness (QED) is 0.439. The van der Waals surface area contributed by atoms with Crippen LogP contribution in [0.5, 0.6) is 0 Å². The zero-order valence-electron chi connectivity index (χ0n) is 15.0. The maximum Gasteiger partial charge on any atom is 0.197 e. The summed E-state index contributed by atoms with van der Waals surface area (Å²) in [6.07, 6.45) is 14.0. The molecular formula is C19H32N2O2. The SMILES string of the molecule is CCCCCCCCCCC(C(=O)[O-])[n+]1ccc(N(C)C)cc1. The molecule has 1 heterocycles. The van der Waals surface area contributed by atoms with Crippen LogP contribution < -0.4 is 14.6 Å². The fraction of sp³-hybridized carbons (Fsp3) is 0.684. The van der Waals surface area contributed by atoms with Crippen LogP contribution >= 0.6 is 0 Å². The van der Waals surface area contributed by atoms with E-state index in [0.717, 1.165) is 18.5 Å². The van der Waals surface area contributed by atoms with Crippen molar-refractivity contribution in [1.82, 2.24) is 0 Å². The van der Waals surface area contributed by atoms with Gasteiger partial charge in [-0.1, -0.05) is 51.9 Å². The molecule has 23 heavy (non-hydrogen) atoms. The van der Waals surface area contributed by atoms with Gasteiger partial charge in [0.25, 0.3) is 0 Å². The lowest BCUT2D eigenvalue weighted by atomic mass is 10.0. The maximum absolute atomic E-state index is 11.4. The number of aliphatic carboxylic acids is 1. The molecule has 0 aliphatic heterocycles. The van der Waals surface area contributed by atoms with E-state index >= 15 is 0 Å². The van der Waals surface area contributed by atoms with Gasteiger partial charge in [0, 0.05) is 38.3 Å². The van der Waals surface area contributed by atoms with Crippen LogP contribution in [0.15, 0.2) is 24.5 Å². The predicted molar refractivity (Wildman–Crippen MR) is 92.2 cm³/mol. The Morgan fingerprint density at radius 2 is 1.57 bits per heavy atom. The van der Waals surface area contributed by atoms with Crippen molar-refractivity contribution >= 4 is 11.7 Å². The zero-order valence-corrected chi connectivity index (χ0v) is 15.0.